The van der Waals surface area contributed by atoms with E-state index < -0.39 is 16.1 Å². The van der Waals surface area contributed by atoms with E-state index in [0.29, 0.717) is 37.4 Å². The van der Waals surface area contributed by atoms with Crippen molar-refractivity contribution in [3.63, 3.8) is 0 Å². The Morgan fingerprint density at radius 1 is 1.20 bits per heavy atom. The lowest BCUT2D eigenvalue weighted by atomic mass is 10.0. The molecule has 0 radical (unpaired) electrons. The molecule has 9 nitrogen and oxygen atoms in total. The predicted octanol–water partition coefficient (Wildman–Crippen LogP) is 0.681. The summed E-state index contributed by atoms with van der Waals surface area (Å²) in [4.78, 5) is 24.6. The highest BCUT2D eigenvalue weighted by Crippen LogP contribution is 2.25. The number of ether oxygens (including phenoxy) is 2. The first-order valence-corrected chi connectivity index (χ1v) is 11.6. The van der Waals surface area contributed by atoms with Gasteiger partial charge in [-0.1, -0.05) is 0 Å². The molecule has 2 rings (SSSR count). The fourth-order valence-electron chi connectivity index (χ4n) is 3.48. The number of sulfonamides is 1. The summed E-state index contributed by atoms with van der Waals surface area (Å²) in [6.07, 6.45) is 1.29. The SMILES string of the molecule is CCS(=O)(=O)N1CCC(NC(=O)[C@H](Cc2cc(OC)ccc2OC)NC(C)=O)CC1. The third-order valence-corrected chi connectivity index (χ3v) is 7.05. The van der Waals surface area contributed by atoms with Crippen LogP contribution in [0.3, 0.4) is 0 Å². The van der Waals surface area contributed by atoms with Gasteiger partial charge in [-0.3, -0.25) is 9.59 Å². The van der Waals surface area contributed by atoms with E-state index in [1.54, 1.807) is 32.2 Å². The van der Waals surface area contributed by atoms with E-state index in [2.05, 4.69) is 10.6 Å². The van der Waals surface area contributed by atoms with Gasteiger partial charge in [-0.15, -0.1) is 0 Å². The number of amides is 2. The molecule has 0 aromatic heterocycles. The van der Waals surface area contributed by atoms with Crippen molar-refractivity contribution in [1.29, 1.82) is 0 Å². The minimum absolute atomic E-state index is 0.0665. The average molecular weight is 442 g/mol. The summed E-state index contributed by atoms with van der Waals surface area (Å²) in [5.41, 5.74) is 0.731. The van der Waals surface area contributed by atoms with Crippen LogP contribution in [0, 0.1) is 0 Å². The number of hydrogen-bond acceptors (Lipinski definition) is 6. The van der Waals surface area contributed by atoms with Crippen molar-refractivity contribution in [1.82, 2.24) is 14.9 Å². The number of nitrogens with one attached hydrogen (secondary N) is 2. The maximum Gasteiger partial charge on any atom is 0.243 e. The van der Waals surface area contributed by atoms with Crippen LogP contribution in [0.15, 0.2) is 18.2 Å². The molecule has 0 aliphatic carbocycles. The van der Waals surface area contributed by atoms with Gasteiger partial charge in [0.1, 0.15) is 17.5 Å². The summed E-state index contributed by atoms with van der Waals surface area (Å²) in [6.45, 7) is 3.72. The highest BCUT2D eigenvalue weighted by atomic mass is 32.2. The lowest BCUT2D eigenvalue weighted by Gasteiger charge is -2.32. The number of nitrogens with zero attached hydrogens (tertiary/aromatic N) is 1. The zero-order valence-corrected chi connectivity index (χ0v) is 18.8. The van der Waals surface area contributed by atoms with Crippen LogP contribution < -0.4 is 20.1 Å². The zero-order chi connectivity index (χ0) is 22.3. The molecule has 2 amide bonds. The van der Waals surface area contributed by atoms with Gasteiger partial charge in [0.2, 0.25) is 21.8 Å². The number of piperidine rings is 1. The number of methoxy groups -OCH3 is 2. The standard InChI is InChI=1S/C20H31N3O6S/c1-5-30(26,27)23-10-8-16(9-11-23)22-20(25)18(21-14(2)24)13-15-12-17(28-3)6-7-19(15)29-4/h6-7,12,16,18H,5,8-11,13H2,1-4H3,(H,21,24)(H,22,25)/t18-/m0/s1. The second-order valence-electron chi connectivity index (χ2n) is 7.22. The first-order chi connectivity index (χ1) is 14.2. The van der Waals surface area contributed by atoms with Gasteiger partial charge in [-0.25, -0.2) is 12.7 Å². The molecule has 1 atom stereocenters. The fraction of sp³-hybridized carbons (Fsp3) is 0.600. The topological polar surface area (TPSA) is 114 Å². The van der Waals surface area contributed by atoms with Crippen LogP contribution in [0.25, 0.3) is 0 Å². The van der Waals surface area contributed by atoms with Gasteiger partial charge in [-0.2, -0.15) is 0 Å². The van der Waals surface area contributed by atoms with E-state index in [1.165, 1.54) is 18.3 Å². The summed E-state index contributed by atoms with van der Waals surface area (Å²) >= 11 is 0. The third kappa shape index (κ3) is 6.33. The lowest BCUT2D eigenvalue weighted by Crippen LogP contribution is -2.53. The minimum Gasteiger partial charge on any atom is -0.497 e. The summed E-state index contributed by atoms with van der Waals surface area (Å²) in [5, 5.41) is 5.65. The van der Waals surface area contributed by atoms with Crippen molar-refractivity contribution in [2.24, 2.45) is 0 Å². The summed E-state index contributed by atoms with van der Waals surface area (Å²) in [5.74, 6) is 0.652. The molecule has 168 valence electrons. The minimum atomic E-state index is -3.22. The Kier molecular flexibility index (Phi) is 8.48. The molecule has 1 saturated heterocycles. The van der Waals surface area contributed by atoms with Crippen molar-refractivity contribution >= 4 is 21.8 Å². The number of benzene rings is 1. The van der Waals surface area contributed by atoms with Crippen LogP contribution in [0.2, 0.25) is 0 Å². The van der Waals surface area contributed by atoms with Crippen molar-refractivity contribution in [3.05, 3.63) is 23.8 Å². The van der Waals surface area contributed by atoms with Gasteiger partial charge in [-0.05, 0) is 38.0 Å². The highest BCUT2D eigenvalue weighted by molar-refractivity contribution is 7.89. The zero-order valence-electron chi connectivity index (χ0n) is 17.9. The molecule has 1 aliphatic heterocycles. The largest absolute Gasteiger partial charge is 0.497 e. The summed E-state index contributed by atoms with van der Waals surface area (Å²) < 4.78 is 36.1. The summed E-state index contributed by atoms with van der Waals surface area (Å²) in [6, 6.07) is 4.34. The Bertz CT molecular complexity index is 850. The fourth-order valence-corrected chi connectivity index (χ4v) is 4.61. The van der Waals surface area contributed by atoms with Gasteiger partial charge in [0.25, 0.3) is 0 Å². The quantitative estimate of drug-likeness (QED) is 0.583. The Balaban J connectivity index is 2.07. The van der Waals surface area contributed by atoms with Gasteiger partial charge in [0.15, 0.2) is 0 Å². The van der Waals surface area contributed by atoms with E-state index >= 15 is 0 Å². The number of hydrogen-bond donors (Lipinski definition) is 2. The maximum atomic E-state index is 12.9. The maximum absolute atomic E-state index is 12.9. The first-order valence-electron chi connectivity index (χ1n) is 9.96. The van der Waals surface area contributed by atoms with Gasteiger partial charge in [0.05, 0.1) is 20.0 Å². The number of carbonyl (C=O) groups is 2. The molecule has 1 aromatic carbocycles. The van der Waals surface area contributed by atoms with Crippen LogP contribution in [0.5, 0.6) is 11.5 Å². The molecule has 1 aromatic rings. The Labute approximate surface area is 178 Å². The molecule has 1 aliphatic rings. The van der Waals surface area contributed by atoms with Crippen molar-refractivity contribution in [2.75, 3.05) is 33.1 Å². The van der Waals surface area contributed by atoms with E-state index in [9.17, 15) is 18.0 Å². The van der Waals surface area contributed by atoms with Crippen molar-refractivity contribution in [2.45, 2.75) is 45.2 Å². The molecule has 1 heterocycles. The van der Waals surface area contributed by atoms with E-state index in [0.717, 1.165) is 5.56 Å². The molecule has 0 spiro atoms. The number of carbonyl (C=O) groups excluding carboxylic acids is 2. The normalized spacial score (nSPS) is 16.5. The Morgan fingerprint density at radius 3 is 2.40 bits per heavy atom. The second kappa shape index (κ2) is 10.6. The Hall–Kier alpha value is -2.33. The van der Waals surface area contributed by atoms with Crippen LogP contribution in [0.1, 0.15) is 32.3 Å². The highest BCUT2D eigenvalue weighted by Gasteiger charge is 2.29. The van der Waals surface area contributed by atoms with Gasteiger partial charge >= 0.3 is 0 Å². The molecular weight excluding hydrogens is 410 g/mol. The van der Waals surface area contributed by atoms with Crippen LogP contribution in [-0.2, 0) is 26.0 Å². The smallest absolute Gasteiger partial charge is 0.243 e. The van der Waals surface area contributed by atoms with E-state index in [4.69, 9.17) is 9.47 Å². The molecular formula is C20H31N3O6S. The van der Waals surface area contributed by atoms with Crippen LogP contribution in [0.4, 0.5) is 0 Å². The van der Waals surface area contributed by atoms with Crippen molar-refractivity contribution < 1.29 is 27.5 Å². The molecule has 0 unspecified atom stereocenters. The predicted molar refractivity (Wildman–Crippen MR) is 113 cm³/mol. The van der Waals surface area contributed by atoms with Crippen LogP contribution >= 0.6 is 0 Å². The molecule has 1 fully saturated rings. The lowest BCUT2D eigenvalue weighted by molar-refractivity contribution is -0.128. The van der Waals surface area contributed by atoms with E-state index in [-0.39, 0.29) is 30.0 Å². The number of rotatable bonds is 9. The van der Waals surface area contributed by atoms with Gasteiger partial charge < -0.3 is 20.1 Å². The monoisotopic (exact) mass is 441 g/mol. The molecule has 10 heteroatoms. The average Bonchev–Trinajstić information content (AvgIpc) is 2.73. The van der Waals surface area contributed by atoms with E-state index in [1.807, 2.05) is 0 Å². The Morgan fingerprint density at radius 2 is 1.87 bits per heavy atom. The van der Waals surface area contributed by atoms with Crippen molar-refractivity contribution in [3.8, 4) is 11.5 Å². The third-order valence-electron chi connectivity index (χ3n) is 5.16. The first kappa shape index (κ1) is 23.9. The van der Waals surface area contributed by atoms with Gasteiger partial charge in [0, 0.05) is 38.0 Å². The molecule has 0 bridgehead atoms. The molecule has 2 N–H and O–H groups in total. The molecule has 0 saturated carbocycles. The van der Waals surface area contributed by atoms with Crippen LogP contribution in [-0.4, -0.2) is 69.7 Å². The molecule has 30 heavy (non-hydrogen) atoms. The second-order valence-corrected chi connectivity index (χ2v) is 9.48. The summed E-state index contributed by atoms with van der Waals surface area (Å²) in [7, 11) is -0.134.